The number of nitrogens with zero attached hydrogens (tertiary/aromatic N) is 3. The summed E-state index contributed by atoms with van der Waals surface area (Å²) in [5, 5.41) is 0. The van der Waals surface area contributed by atoms with Gasteiger partial charge in [-0.2, -0.15) is 0 Å². The summed E-state index contributed by atoms with van der Waals surface area (Å²) < 4.78 is 21.6. The fraction of sp³-hybridized carbons (Fsp3) is 0.310. The number of amides is 1. The number of thiophene rings is 1. The Hall–Kier alpha value is -3.65. The molecule has 4 heterocycles. The van der Waals surface area contributed by atoms with Crippen molar-refractivity contribution in [1.29, 1.82) is 0 Å². The van der Waals surface area contributed by atoms with Gasteiger partial charge in [0.15, 0.2) is 11.6 Å². The fourth-order valence-electron chi connectivity index (χ4n) is 4.67. The summed E-state index contributed by atoms with van der Waals surface area (Å²) in [5.74, 6) is 1.01. The number of benzene rings is 1. The van der Waals surface area contributed by atoms with Gasteiger partial charge in [-0.25, -0.2) is 4.39 Å². The maximum atomic E-state index is 14.9. The van der Waals surface area contributed by atoms with Crippen molar-refractivity contribution in [3.8, 4) is 21.9 Å². The van der Waals surface area contributed by atoms with E-state index in [1.807, 2.05) is 29.3 Å². The molecule has 2 aliphatic rings. The number of carbonyl (C=O) groups excluding carboxylic acids is 2. The molecule has 0 N–H and O–H groups in total. The molecule has 0 bridgehead atoms. The number of likely N-dealkylation sites (tertiary alicyclic amines) is 1. The second kappa shape index (κ2) is 10.0. The molecule has 1 amide bonds. The van der Waals surface area contributed by atoms with Crippen LogP contribution in [0.1, 0.15) is 43.4 Å². The highest BCUT2D eigenvalue weighted by Crippen LogP contribution is 2.39. The smallest absolute Gasteiger partial charge is 0.222 e. The Kier molecular flexibility index (Phi) is 6.42. The summed E-state index contributed by atoms with van der Waals surface area (Å²) >= 11 is 1.51. The van der Waals surface area contributed by atoms with Crippen molar-refractivity contribution < 1.29 is 18.7 Å². The summed E-state index contributed by atoms with van der Waals surface area (Å²) in [5.41, 5.74) is 3.22. The van der Waals surface area contributed by atoms with E-state index in [1.165, 1.54) is 17.4 Å². The van der Waals surface area contributed by atoms with Crippen LogP contribution in [0.15, 0.2) is 54.9 Å². The van der Waals surface area contributed by atoms with Crippen LogP contribution in [0.2, 0.25) is 0 Å². The molecule has 1 aliphatic heterocycles. The molecular weight excluding hydrogens is 489 g/mol. The van der Waals surface area contributed by atoms with Crippen molar-refractivity contribution in [3.63, 3.8) is 0 Å². The van der Waals surface area contributed by atoms with Crippen molar-refractivity contribution >= 4 is 33.2 Å². The number of aromatic nitrogens is 2. The predicted molar refractivity (Wildman–Crippen MR) is 140 cm³/mol. The van der Waals surface area contributed by atoms with Gasteiger partial charge in [-0.3, -0.25) is 19.6 Å². The van der Waals surface area contributed by atoms with Crippen molar-refractivity contribution in [2.45, 2.75) is 45.1 Å². The average Bonchev–Trinajstić information content (AvgIpc) is 3.43. The number of hydrogen-bond donors (Lipinski definition) is 0. The van der Waals surface area contributed by atoms with Gasteiger partial charge in [0.05, 0.1) is 22.5 Å². The van der Waals surface area contributed by atoms with E-state index >= 15 is 0 Å². The largest absolute Gasteiger partial charge is 0.453 e. The summed E-state index contributed by atoms with van der Waals surface area (Å²) in [6.07, 6.45) is 8.07. The SMILES string of the molecule is O=C(Cc1ccc(Oc2ccnc3cc(-c4ccc(CN5CCCC5=O)nc4)sc23)c(F)c1)CC1CC1. The Morgan fingerprint density at radius 1 is 1.11 bits per heavy atom. The second-order valence-electron chi connectivity index (χ2n) is 9.82. The Morgan fingerprint density at radius 3 is 2.73 bits per heavy atom. The van der Waals surface area contributed by atoms with Gasteiger partial charge in [0.1, 0.15) is 11.5 Å². The lowest BCUT2D eigenvalue weighted by Gasteiger charge is -2.14. The first kappa shape index (κ1) is 23.7. The van der Waals surface area contributed by atoms with Crippen molar-refractivity contribution in [1.82, 2.24) is 14.9 Å². The average molecular weight is 516 g/mol. The number of ether oxygens (including phenoxy) is 1. The van der Waals surface area contributed by atoms with E-state index < -0.39 is 5.82 Å². The molecule has 37 heavy (non-hydrogen) atoms. The number of pyridine rings is 2. The van der Waals surface area contributed by atoms with E-state index in [0.29, 0.717) is 36.6 Å². The van der Waals surface area contributed by atoms with E-state index in [1.54, 1.807) is 24.4 Å². The standard InChI is InChI=1S/C29H26FN3O3S/c30-23-14-19(13-22(34)12-18-3-4-18)5-8-25(23)36-26-9-10-31-24-15-27(37-29(24)26)20-6-7-21(32-16-20)17-33-11-1-2-28(33)35/h5-10,14-16,18H,1-4,11-13,17H2. The highest BCUT2D eigenvalue weighted by Gasteiger charge is 2.24. The van der Waals surface area contributed by atoms with Gasteiger partial charge in [-0.15, -0.1) is 11.3 Å². The van der Waals surface area contributed by atoms with Gasteiger partial charge < -0.3 is 9.64 Å². The summed E-state index contributed by atoms with van der Waals surface area (Å²) in [6, 6.07) is 12.4. The Bertz CT molecular complexity index is 1480. The molecule has 8 heteroatoms. The van der Waals surface area contributed by atoms with Crippen LogP contribution in [0, 0.1) is 11.7 Å². The van der Waals surface area contributed by atoms with E-state index in [2.05, 4.69) is 9.97 Å². The van der Waals surface area contributed by atoms with E-state index in [4.69, 9.17) is 4.74 Å². The lowest BCUT2D eigenvalue weighted by Crippen LogP contribution is -2.24. The quantitative estimate of drug-likeness (QED) is 0.261. The number of halogens is 1. The molecule has 6 nitrogen and oxygen atoms in total. The van der Waals surface area contributed by atoms with Gasteiger partial charge in [0, 0.05) is 54.7 Å². The number of Topliss-reactive ketones (excluding diaryl/α,β-unsaturated/α-hetero) is 1. The van der Waals surface area contributed by atoms with E-state index in [0.717, 1.165) is 52.2 Å². The predicted octanol–water partition coefficient (Wildman–Crippen LogP) is 6.32. The number of hydrogen-bond acceptors (Lipinski definition) is 6. The molecule has 0 radical (unpaired) electrons. The second-order valence-corrected chi connectivity index (χ2v) is 10.9. The fourth-order valence-corrected chi connectivity index (χ4v) is 5.72. The third kappa shape index (κ3) is 5.39. The van der Waals surface area contributed by atoms with Crippen LogP contribution in [0.3, 0.4) is 0 Å². The Morgan fingerprint density at radius 2 is 2.00 bits per heavy atom. The van der Waals surface area contributed by atoms with Crippen LogP contribution >= 0.6 is 11.3 Å². The molecule has 1 aliphatic carbocycles. The normalized spacial score (nSPS) is 15.5. The van der Waals surface area contributed by atoms with Crippen molar-refractivity contribution in [2.24, 2.45) is 5.92 Å². The minimum atomic E-state index is -0.491. The van der Waals surface area contributed by atoms with Crippen LogP contribution in [0.25, 0.3) is 20.7 Å². The van der Waals surface area contributed by atoms with Gasteiger partial charge in [-0.05, 0) is 55.0 Å². The lowest BCUT2D eigenvalue weighted by molar-refractivity contribution is -0.128. The van der Waals surface area contributed by atoms with Crippen LogP contribution in [0.4, 0.5) is 4.39 Å². The highest BCUT2D eigenvalue weighted by molar-refractivity contribution is 7.22. The van der Waals surface area contributed by atoms with Gasteiger partial charge in [0.25, 0.3) is 0 Å². The number of rotatable bonds is 9. The topological polar surface area (TPSA) is 72.4 Å². The molecule has 1 aromatic carbocycles. The molecule has 1 saturated heterocycles. The third-order valence-corrected chi connectivity index (χ3v) is 8.03. The molecule has 1 saturated carbocycles. The number of fused-ring (bicyclic) bond motifs is 1. The first-order valence-corrected chi connectivity index (χ1v) is 13.4. The minimum Gasteiger partial charge on any atom is -0.453 e. The molecular formula is C29H26FN3O3S. The third-order valence-electron chi connectivity index (χ3n) is 6.84. The lowest BCUT2D eigenvalue weighted by atomic mass is 10.0. The summed E-state index contributed by atoms with van der Waals surface area (Å²) in [7, 11) is 0. The Balaban J connectivity index is 1.18. The van der Waals surface area contributed by atoms with E-state index in [9.17, 15) is 14.0 Å². The first-order chi connectivity index (χ1) is 18.0. The van der Waals surface area contributed by atoms with Crippen molar-refractivity contribution in [3.05, 3.63) is 71.9 Å². The maximum absolute atomic E-state index is 14.9. The van der Waals surface area contributed by atoms with E-state index in [-0.39, 0.29) is 23.9 Å². The van der Waals surface area contributed by atoms with Gasteiger partial charge in [-0.1, -0.05) is 12.1 Å². The highest BCUT2D eigenvalue weighted by atomic mass is 32.1. The summed E-state index contributed by atoms with van der Waals surface area (Å²) in [6.45, 7) is 1.32. The number of carbonyl (C=O) groups is 2. The molecule has 4 aromatic rings. The molecule has 0 spiro atoms. The zero-order chi connectivity index (χ0) is 25.4. The van der Waals surface area contributed by atoms with Gasteiger partial charge >= 0.3 is 0 Å². The maximum Gasteiger partial charge on any atom is 0.222 e. The van der Waals surface area contributed by atoms with Crippen LogP contribution in [0.5, 0.6) is 11.5 Å². The Labute approximate surface area is 218 Å². The monoisotopic (exact) mass is 515 g/mol. The minimum absolute atomic E-state index is 0.114. The molecule has 188 valence electrons. The van der Waals surface area contributed by atoms with Gasteiger partial charge in [0.2, 0.25) is 5.91 Å². The van der Waals surface area contributed by atoms with Crippen LogP contribution in [-0.2, 0) is 22.6 Å². The zero-order valence-corrected chi connectivity index (χ0v) is 21.1. The number of ketones is 1. The molecule has 0 unspecified atom stereocenters. The van der Waals surface area contributed by atoms with Crippen LogP contribution < -0.4 is 4.74 Å². The summed E-state index contributed by atoms with van der Waals surface area (Å²) in [4.78, 5) is 35.9. The van der Waals surface area contributed by atoms with Crippen LogP contribution in [-0.4, -0.2) is 33.1 Å². The molecule has 2 fully saturated rings. The molecule has 6 rings (SSSR count). The first-order valence-electron chi connectivity index (χ1n) is 12.6. The zero-order valence-electron chi connectivity index (χ0n) is 20.3. The molecule has 0 atom stereocenters. The van der Waals surface area contributed by atoms with Crippen molar-refractivity contribution in [2.75, 3.05) is 6.54 Å². The molecule has 3 aromatic heterocycles.